The van der Waals surface area contributed by atoms with Gasteiger partial charge >= 0.3 is 0 Å². The fraction of sp³-hybridized carbons (Fsp3) is 0.810. The summed E-state index contributed by atoms with van der Waals surface area (Å²) in [6.45, 7) is 1.32. The van der Waals surface area contributed by atoms with Crippen molar-refractivity contribution < 1.29 is 14.1 Å². The van der Waals surface area contributed by atoms with Gasteiger partial charge in [-0.3, -0.25) is 4.79 Å². The summed E-state index contributed by atoms with van der Waals surface area (Å²) in [7, 11) is 0. The largest absolute Gasteiger partial charge is 0.380 e. The van der Waals surface area contributed by atoms with Crippen LogP contribution >= 0.6 is 12.1 Å². The molecule has 5 aliphatic heterocycles. The van der Waals surface area contributed by atoms with E-state index in [1.165, 1.54) is 44.9 Å². The van der Waals surface area contributed by atoms with E-state index in [1.807, 2.05) is 12.1 Å². The normalized spacial score (nSPS) is 37.6. The van der Waals surface area contributed by atoms with Crippen LogP contribution in [0.25, 0.3) is 0 Å². The van der Waals surface area contributed by atoms with Crippen molar-refractivity contribution in [2.24, 2.45) is 0 Å². The van der Waals surface area contributed by atoms with Crippen molar-refractivity contribution in [3.8, 4) is 0 Å². The average molecular weight is 419 g/mol. The van der Waals surface area contributed by atoms with E-state index >= 15 is 0 Å². The van der Waals surface area contributed by atoms with E-state index in [0.717, 1.165) is 30.7 Å². The molecule has 6 heterocycles. The first kappa shape index (κ1) is 18.7. The predicted octanol–water partition coefficient (Wildman–Crippen LogP) is 3.09. The van der Waals surface area contributed by atoms with Crippen LogP contribution in [0.15, 0.2) is 10.6 Å². The van der Waals surface area contributed by atoms with E-state index in [1.54, 1.807) is 6.07 Å². The van der Waals surface area contributed by atoms with E-state index in [9.17, 15) is 4.79 Å². The Bertz CT molecular complexity index is 739. The molecule has 0 radical (unpaired) electrons. The van der Waals surface area contributed by atoms with Gasteiger partial charge in [0.2, 0.25) is 0 Å². The van der Waals surface area contributed by atoms with Gasteiger partial charge in [-0.25, -0.2) is 8.61 Å². The molecule has 158 valence electrons. The van der Waals surface area contributed by atoms with Crippen molar-refractivity contribution in [2.45, 2.75) is 93.9 Å². The van der Waals surface area contributed by atoms with Crippen LogP contribution in [0.2, 0.25) is 0 Å². The number of hydrogen-bond acceptors (Lipinski definition) is 7. The van der Waals surface area contributed by atoms with Crippen LogP contribution in [-0.2, 0) is 4.74 Å². The van der Waals surface area contributed by atoms with Gasteiger partial charge in [-0.05, 0) is 51.4 Å². The van der Waals surface area contributed by atoms with Gasteiger partial charge in [0, 0.05) is 48.4 Å². The second-order valence-corrected chi connectivity index (χ2v) is 10.5. The second-order valence-electron chi connectivity index (χ2n) is 9.49. The van der Waals surface area contributed by atoms with Gasteiger partial charge in [-0.15, -0.1) is 0 Å². The number of nitrogens with one attached hydrogen (secondary N) is 1. The van der Waals surface area contributed by atoms with Crippen LogP contribution in [-0.4, -0.2) is 63.1 Å². The van der Waals surface area contributed by atoms with Crippen LogP contribution in [0, 0.1) is 0 Å². The van der Waals surface area contributed by atoms with Crippen LogP contribution in [0.1, 0.15) is 80.0 Å². The van der Waals surface area contributed by atoms with Crippen LogP contribution in [0.3, 0.4) is 0 Å². The zero-order valence-corrected chi connectivity index (χ0v) is 17.6. The van der Waals surface area contributed by atoms with Crippen molar-refractivity contribution >= 4 is 18.0 Å². The maximum atomic E-state index is 12.7. The Morgan fingerprint density at radius 3 is 2.31 bits per heavy atom. The number of fused-ring (bicyclic) bond motifs is 4. The van der Waals surface area contributed by atoms with Crippen LogP contribution < -0.4 is 5.32 Å². The summed E-state index contributed by atoms with van der Waals surface area (Å²) in [5.74, 6) is 0.925. The summed E-state index contributed by atoms with van der Waals surface area (Å²) in [5, 5.41) is 7.23. The van der Waals surface area contributed by atoms with Gasteiger partial charge in [0.15, 0.2) is 5.69 Å². The molecule has 1 aromatic rings. The molecule has 0 aromatic carbocycles. The fourth-order valence-corrected chi connectivity index (χ4v) is 7.50. The Kier molecular flexibility index (Phi) is 4.86. The Morgan fingerprint density at radius 1 is 1.00 bits per heavy atom. The number of rotatable bonds is 5. The molecular formula is C21H30N4O3S. The highest BCUT2D eigenvalue weighted by molar-refractivity contribution is 7.94. The lowest BCUT2D eigenvalue weighted by molar-refractivity contribution is -0.00228. The lowest BCUT2D eigenvalue weighted by Crippen LogP contribution is -2.50. The standard InChI is InChI=1S/C21H30N4O3S/c26-21(19-10-20(28-23-19)13-11-27-12-13)22-14-8-17-6-7-18(9-14)25(17)29-24-15-2-1-3-16(24)5-4-15/h10,13-18H,1-9,11-12H2,(H,22,26). The molecule has 5 aliphatic rings. The molecule has 5 fully saturated rings. The van der Waals surface area contributed by atoms with Crippen molar-refractivity contribution in [1.82, 2.24) is 19.1 Å². The minimum absolute atomic E-state index is 0.0974. The van der Waals surface area contributed by atoms with Crippen LogP contribution in [0.4, 0.5) is 0 Å². The number of aromatic nitrogens is 1. The summed E-state index contributed by atoms with van der Waals surface area (Å²) < 4.78 is 16.0. The highest BCUT2D eigenvalue weighted by atomic mass is 32.2. The van der Waals surface area contributed by atoms with Gasteiger partial charge in [-0.2, -0.15) is 0 Å². The quantitative estimate of drug-likeness (QED) is 0.737. The number of hydrogen-bond donors (Lipinski definition) is 1. The molecule has 4 atom stereocenters. The molecule has 8 heteroatoms. The number of carbonyl (C=O) groups excluding carboxylic acids is 1. The maximum absolute atomic E-state index is 12.7. The monoisotopic (exact) mass is 418 g/mol. The SMILES string of the molecule is O=C(NC1CC2CCC(C1)N2SN1C2CCCC1CC2)c1cc(C2COC2)on1. The lowest BCUT2D eigenvalue weighted by Gasteiger charge is -2.43. The zero-order chi connectivity index (χ0) is 19.4. The third-order valence-electron chi connectivity index (χ3n) is 7.62. The molecule has 1 N–H and O–H groups in total. The molecule has 0 aliphatic carbocycles. The first-order chi connectivity index (χ1) is 14.2. The molecule has 0 spiro atoms. The highest BCUT2D eigenvalue weighted by Crippen LogP contribution is 2.47. The van der Waals surface area contributed by atoms with E-state index in [0.29, 0.717) is 31.0 Å². The molecule has 7 nitrogen and oxygen atoms in total. The summed E-state index contributed by atoms with van der Waals surface area (Å²) in [6, 6.07) is 4.75. The predicted molar refractivity (Wildman–Crippen MR) is 109 cm³/mol. The number of amides is 1. The zero-order valence-electron chi connectivity index (χ0n) is 16.8. The third kappa shape index (κ3) is 3.42. The van der Waals surface area contributed by atoms with Gasteiger partial charge in [-0.1, -0.05) is 11.6 Å². The number of carbonyl (C=O) groups is 1. The summed E-state index contributed by atoms with van der Waals surface area (Å²) in [4.78, 5) is 12.7. The van der Waals surface area contributed by atoms with Crippen molar-refractivity contribution in [2.75, 3.05) is 13.2 Å². The smallest absolute Gasteiger partial charge is 0.273 e. The van der Waals surface area contributed by atoms with E-state index in [4.69, 9.17) is 9.26 Å². The Morgan fingerprint density at radius 2 is 1.66 bits per heavy atom. The molecule has 29 heavy (non-hydrogen) atoms. The topological polar surface area (TPSA) is 70.8 Å². The van der Waals surface area contributed by atoms with Crippen molar-refractivity contribution in [3.63, 3.8) is 0 Å². The Balaban J connectivity index is 1.06. The van der Waals surface area contributed by atoms with Gasteiger partial charge in [0.05, 0.1) is 19.1 Å². The van der Waals surface area contributed by atoms with Crippen LogP contribution in [0.5, 0.6) is 0 Å². The second kappa shape index (κ2) is 7.55. The summed E-state index contributed by atoms with van der Waals surface area (Å²) in [6.07, 6.45) is 11.5. The first-order valence-electron chi connectivity index (χ1n) is 11.3. The Labute approximate surface area is 176 Å². The molecule has 4 bridgehead atoms. The van der Waals surface area contributed by atoms with E-state index < -0.39 is 0 Å². The molecule has 5 saturated heterocycles. The molecule has 4 unspecified atom stereocenters. The van der Waals surface area contributed by atoms with Gasteiger partial charge < -0.3 is 14.6 Å². The summed E-state index contributed by atoms with van der Waals surface area (Å²) >= 11 is 2.05. The van der Waals surface area contributed by atoms with Gasteiger partial charge in [0.1, 0.15) is 5.76 Å². The number of nitrogens with zero attached hydrogens (tertiary/aromatic N) is 3. The third-order valence-corrected chi connectivity index (χ3v) is 9.19. The maximum Gasteiger partial charge on any atom is 0.273 e. The molecule has 1 amide bonds. The van der Waals surface area contributed by atoms with Gasteiger partial charge in [0.25, 0.3) is 5.91 Å². The highest BCUT2D eigenvalue weighted by Gasteiger charge is 2.46. The average Bonchev–Trinajstić information content (AvgIpc) is 3.28. The minimum Gasteiger partial charge on any atom is -0.380 e. The van der Waals surface area contributed by atoms with Crippen molar-refractivity contribution in [1.29, 1.82) is 0 Å². The van der Waals surface area contributed by atoms with Crippen molar-refractivity contribution in [3.05, 3.63) is 17.5 Å². The Hall–Kier alpha value is -1.09. The van der Waals surface area contributed by atoms with E-state index in [2.05, 4.69) is 19.1 Å². The molecule has 6 rings (SSSR count). The number of piperidine rings is 2. The number of ether oxygens (including phenoxy) is 1. The molecule has 1 aromatic heterocycles. The summed E-state index contributed by atoms with van der Waals surface area (Å²) in [5.41, 5.74) is 0.404. The molecular weight excluding hydrogens is 388 g/mol. The van der Waals surface area contributed by atoms with E-state index in [-0.39, 0.29) is 17.9 Å². The lowest BCUT2D eigenvalue weighted by atomic mass is 9.99. The fourth-order valence-electron chi connectivity index (χ4n) is 5.95. The minimum atomic E-state index is -0.0974. The first-order valence-corrected chi connectivity index (χ1v) is 12.1. The molecule has 0 saturated carbocycles.